The first-order valence-electron chi connectivity index (χ1n) is 14.2. The minimum atomic E-state index is 0.769. The highest BCUT2D eigenvalue weighted by Gasteiger charge is 2.34. The van der Waals surface area contributed by atoms with Gasteiger partial charge in [0.25, 0.3) is 0 Å². The first kappa shape index (κ1) is 24.1. The van der Waals surface area contributed by atoms with Crippen LogP contribution < -0.4 is 0 Å². The highest BCUT2D eigenvalue weighted by atomic mass is 14.4. The molecule has 3 aliphatic rings. The number of nitriles is 1. The van der Waals surface area contributed by atoms with Gasteiger partial charge in [-0.3, -0.25) is 0 Å². The molecule has 1 nitrogen and oxygen atoms in total. The van der Waals surface area contributed by atoms with Gasteiger partial charge in [-0.25, -0.2) is 0 Å². The maximum Gasteiger partial charge on any atom is 0.0621 e. The molecule has 0 amide bonds. The van der Waals surface area contributed by atoms with Crippen molar-refractivity contribution in [2.45, 2.75) is 142 Å². The average molecular weight is 414 g/mol. The van der Waals surface area contributed by atoms with Gasteiger partial charge in [0.1, 0.15) is 0 Å². The third-order valence-electron chi connectivity index (χ3n) is 9.55. The number of rotatable bonds is 11. The van der Waals surface area contributed by atoms with Crippen LogP contribution in [0, 0.1) is 46.8 Å². The van der Waals surface area contributed by atoms with Crippen molar-refractivity contribution in [1.29, 1.82) is 5.26 Å². The van der Waals surface area contributed by atoms with E-state index in [1.54, 1.807) is 51.4 Å². The van der Waals surface area contributed by atoms with Crippen molar-refractivity contribution in [3.63, 3.8) is 0 Å². The fourth-order valence-electron chi connectivity index (χ4n) is 7.49. The normalized spacial score (nSPS) is 35.1. The zero-order valence-corrected chi connectivity index (χ0v) is 20.3. The quantitative estimate of drug-likeness (QED) is 0.309. The Hall–Kier alpha value is -0.510. The second-order valence-corrected chi connectivity index (χ2v) is 11.5. The van der Waals surface area contributed by atoms with E-state index in [4.69, 9.17) is 5.26 Å². The van der Waals surface area contributed by atoms with E-state index in [9.17, 15) is 0 Å². The maximum atomic E-state index is 8.75. The van der Waals surface area contributed by atoms with Gasteiger partial charge in [-0.2, -0.15) is 5.26 Å². The van der Waals surface area contributed by atoms with Gasteiger partial charge in [0.2, 0.25) is 0 Å². The van der Waals surface area contributed by atoms with Crippen LogP contribution in [0.25, 0.3) is 0 Å². The molecule has 30 heavy (non-hydrogen) atoms. The summed E-state index contributed by atoms with van der Waals surface area (Å²) in [6.07, 6.45) is 30.3. The van der Waals surface area contributed by atoms with Crippen molar-refractivity contribution in [3.8, 4) is 6.07 Å². The summed E-state index contributed by atoms with van der Waals surface area (Å²) in [4.78, 5) is 0. The summed E-state index contributed by atoms with van der Waals surface area (Å²) in [5, 5.41) is 8.75. The molecular weight excluding hydrogens is 362 g/mol. The lowest BCUT2D eigenvalue weighted by molar-refractivity contribution is 0.102. The maximum absolute atomic E-state index is 8.75. The molecule has 0 radical (unpaired) electrons. The zero-order valence-electron chi connectivity index (χ0n) is 20.3. The number of hydrogen-bond acceptors (Lipinski definition) is 1. The molecule has 0 aromatic carbocycles. The molecule has 3 rings (SSSR count). The first-order valence-corrected chi connectivity index (χ1v) is 14.2. The first-order chi connectivity index (χ1) is 14.8. The van der Waals surface area contributed by atoms with E-state index in [1.165, 1.54) is 70.6 Å². The molecule has 0 bridgehead atoms. The van der Waals surface area contributed by atoms with Gasteiger partial charge in [-0.1, -0.05) is 71.1 Å². The monoisotopic (exact) mass is 413 g/mol. The van der Waals surface area contributed by atoms with Gasteiger partial charge >= 0.3 is 0 Å². The minimum absolute atomic E-state index is 0.769. The molecule has 3 fully saturated rings. The molecule has 1 heteroatoms. The van der Waals surface area contributed by atoms with Crippen LogP contribution in [0.1, 0.15) is 142 Å². The number of unbranched alkanes of at least 4 members (excludes halogenated alkanes) is 5. The SMILES string of the molecule is CCCCCCCC1CCC(C2CCC(C3CCC(CCCC#N)CC3)CC2)CC1. The lowest BCUT2D eigenvalue weighted by atomic mass is 9.64. The number of hydrogen-bond donors (Lipinski definition) is 0. The van der Waals surface area contributed by atoms with Gasteiger partial charge in [0, 0.05) is 6.42 Å². The van der Waals surface area contributed by atoms with E-state index in [1.807, 2.05) is 0 Å². The van der Waals surface area contributed by atoms with Crippen molar-refractivity contribution < 1.29 is 0 Å². The largest absolute Gasteiger partial charge is 0.198 e. The molecule has 0 spiro atoms. The Kier molecular flexibility index (Phi) is 11.1. The van der Waals surface area contributed by atoms with Crippen LogP contribution in [0.15, 0.2) is 0 Å². The van der Waals surface area contributed by atoms with Crippen LogP contribution in [0.4, 0.5) is 0 Å². The second-order valence-electron chi connectivity index (χ2n) is 11.5. The Morgan fingerprint density at radius 2 is 0.933 bits per heavy atom. The molecule has 0 aromatic rings. The zero-order chi connectivity index (χ0) is 21.0. The molecule has 3 aliphatic carbocycles. The van der Waals surface area contributed by atoms with Crippen molar-refractivity contribution >= 4 is 0 Å². The Morgan fingerprint density at radius 1 is 0.533 bits per heavy atom. The molecule has 3 saturated carbocycles. The second kappa shape index (κ2) is 13.8. The van der Waals surface area contributed by atoms with Crippen LogP contribution >= 0.6 is 0 Å². The van der Waals surface area contributed by atoms with Crippen molar-refractivity contribution in [2.75, 3.05) is 0 Å². The fourth-order valence-corrected chi connectivity index (χ4v) is 7.49. The Labute approximate surface area is 188 Å². The van der Waals surface area contributed by atoms with Gasteiger partial charge < -0.3 is 0 Å². The third kappa shape index (κ3) is 7.88. The topological polar surface area (TPSA) is 23.8 Å². The summed E-state index contributed by atoms with van der Waals surface area (Å²) in [7, 11) is 0. The minimum Gasteiger partial charge on any atom is -0.198 e. The van der Waals surface area contributed by atoms with Gasteiger partial charge in [0.05, 0.1) is 6.07 Å². The summed E-state index contributed by atoms with van der Waals surface area (Å²) in [6.45, 7) is 2.32. The fraction of sp³-hybridized carbons (Fsp3) is 0.966. The molecule has 0 atom stereocenters. The van der Waals surface area contributed by atoms with E-state index in [2.05, 4.69) is 13.0 Å². The van der Waals surface area contributed by atoms with Gasteiger partial charge in [-0.15, -0.1) is 0 Å². The summed E-state index contributed by atoms with van der Waals surface area (Å²) >= 11 is 0. The summed E-state index contributed by atoms with van der Waals surface area (Å²) in [5.41, 5.74) is 0. The standard InChI is InChI=1S/C29H51N/c1-2-3-4-5-6-9-24-11-15-26(16-12-24)28-19-21-29(22-20-28)27-17-13-25(14-18-27)10-7-8-23-30/h24-29H,2-22H2,1H3. The summed E-state index contributed by atoms with van der Waals surface area (Å²) in [5.74, 6) is 6.27. The van der Waals surface area contributed by atoms with Crippen LogP contribution in [-0.2, 0) is 0 Å². The molecule has 0 N–H and O–H groups in total. The molecule has 172 valence electrons. The van der Waals surface area contributed by atoms with E-state index in [0.717, 1.165) is 48.3 Å². The lowest BCUT2D eigenvalue weighted by Gasteiger charge is -2.41. The molecular formula is C29H51N. The third-order valence-corrected chi connectivity index (χ3v) is 9.55. The molecule has 0 aliphatic heterocycles. The van der Waals surface area contributed by atoms with Gasteiger partial charge in [0.15, 0.2) is 0 Å². The van der Waals surface area contributed by atoms with Gasteiger partial charge in [-0.05, 0) is 99.7 Å². The molecule has 0 unspecified atom stereocenters. The molecule has 0 aromatic heterocycles. The Morgan fingerprint density at radius 3 is 1.37 bits per heavy atom. The van der Waals surface area contributed by atoms with Crippen LogP contribution in [0.3, 0.4) is 0 Å². The summed E-state index contributed by atoms with van der Waals surface area (Å²) < 4.78 is 0. The lowest BCUT2D eigenvalue weighted by Crippen LogP contribution is -2.29. The predicted octanol–water partition coefficient (Wildman–Crippen LogP) is 9.46. The van der Waals surface area contributed by atoms with E-state index < -0.39 is 0 Å². The smallest absolute Gasteiger partial charge is 0.0621 e. The van der Waals surface area contributed by atoms with Crippen molar-refractivity contribution in [1.82, 2.24) is 0 Å². The van der Waals surface area contributed by atoms with Crippen molar-refractivity contribution in [3.05, 3.63) is 0 Å². The average Bonchev–Trinajstić information content (AvgIpc) is 2.80. The van der Waals surface area contributed by atoms with E-state index in [0.29, 0.717) is 0 Å². The highest BCUT2D eigenvalue weighted by Crippen LogP contribution is 2.46. The van der Waals surface area contributed by atoms with Crippen LogP contribution in [0.5, 0.6) is 0 Å². The molecule has 0 saturated heterocycles. The van der Waals surface area contributed by atoms with E-state index >= 15 is 0 Å². The predicted molar refractivity (Wildman–Crippen MR) is 129 cm³/mol. The van der Waals surface area contributed by atoms with Crippen LogP contribution in [0.2, 0.25) is 0 Å². The summed E-state index contributed by atoms with van der Waals surface area (Å²) in [6, 6.07) is 2.32. The Bertz CT molecular complexity index is 467. The number of nitrogens with zero attached hydrogens (tertiary/aromatic N) is 1. The molecule has 0 heterocycles. The Balaban J connectivity index is 1.26. The van der Waals surface area contributed by atoms with Crippen molar-refractivity contribution in [2.24, 2.45) is 35.5 Å². The highest BCUT2D eigenvalue weighted by molar-refractivity contribution is 4.86. The van der Waals surface area contributed by atoms with Crippen LogP contribution in [-0.4, -0.2) is 0 Å². The van der Waals surface area contributed by atoms with E-state index in [-0.39, 0.29) is 0 Å².